The van der Waals surface area contributed by atoms with Gasteiger partial charge in [-0.15, -0.1) is 0 Å². The molecule has 32 heavy (non-hydrogen) atoms. The van der Waals surface area contributed by atoms with Crippen LogP contribution < -0.4 is 16.0 Å². The number of aromatic nitrogens is 3. The third kappa shape index (κ3) is 4.70. The SMILES string of the molecule is Cc1noc(C)c1C(=O)Nc1cc(C(=O)Nc2cc(C(=O)NCCC#N)n(C)c2)n(C)c1. The molecule has 3 aromatic heterocycles. The molecule has 3 rings (SSSR count). The van der Waals surface area contributed by atoms with Gasteiger partial charge in [0.15, 0.2) is 0 Å². The first kappa shape index (κ1) is 22.4. The quantitative estimate of drug-likeness (QED) is 0.482. The number of amides is 3. The van der Waals surface area contributed by atoms with Gasteiger partial charge in [0.2, 0.25) is 0 Å². The second-order valence-electron chi connectivity index (χ2n) is 7.22. The van der Waals surface area contributed by atoms with Crippen LogP contribution in [0.25, 0.3) is 0 Å². The van der Waals surface area contributed by atoms with Gasteiger partial charge in [0.25, 0.3) is 17.7 Å². The Hall–Kier alpha value is -4.33. The summed E-state index contributed by atoms with van der Waals surface area (Å²) >= 11 is 0. The lowest BCUT2D eigenvalue weighted by Crippen LogP contribution is -2.25. The second kappa shape index (κ2) is 9.22. The summed E-state index contributed by atoms with van der Waals surface area (Å²) in [5.41, 5.74) is 2.36. The molecule has 0 atom stereocenters. The van der Waals surface area contributed by atoms with Gasteiger partial charge >= 0.3 is 0 Å². The molecule has 11 heteroatoms. The summed E-state index contributed by atoms with van der Waals surface area (Å²) in [5.74, 6) is -0.724. The van der Waals surface area contributed by atoms with Crippen molar-refractivity contribution in [3.63, 3.8) is 0 Å². The normalized spacial score (nSPS) is 10.5. The van der Waals surface area contributed by atoms with Crippen molar-refractivity contribution in [1.82, 2.24) is 19.6 Å². The van der Waals surface area contributed by atoms with Crippen molar-refractivity contribution >= 4 is 29.1 Å². The lowest BCUT2D eigenvalue weighted by molar-refractivity contribution is 0.0944. The lowest BCUT2D eigenvalue weighted by Gasteiger charge is -2.03. The van der Waals surface area contributed by atoms with E-state index in [-0.39, 0.29) is 24.8 Å². The molecule has 0 saturated carbocycles. The van der Waals surface area contributed by atoms with Crippen molar-refractivity contribution in [2.24, 2.45) is 14.1 Å². The Balaban J connectivity index is 1.70. The van der Waals surface area contributed by atoms with Crippen LogP contribution in [0.2, 0.25) is 0 Å². The maximum absolute atomic E-state index is 12.8. The van der Waals surface area contributed by atoms with Gasteiger partial charge in [0, 0.05) is 33.0 Å². The third-order valence-electron chi connectivity index (χ3n) is 4.77. The molecule has 0 spiro atoms. The highest BCUT2D eigenvalue weighted by Crippen LogP contribution is 2.19. The summed E-state index contributed by atoms with van der Waals surface area (Å²) in [5, 5.41) is 20.5. The van der Waals surface area contributed by atoms with E-state index in [1.165, 1.54) is 0 Å². The minimum absolute atomic E-state index is 0.211. The number of hydrogen-bond donors (Lipinski definition) is 3. The van der Waals surface area contributed by atoms with E-state index in [9.17, 15) is 14.4 Å². The summed E-state index contributed by atoms with van der Waals surface area (Å²) in [7, 11) is 3.36. The van der Waals surface area contributed by atoms with E-state index in [2.05, 4.69) is 21.1 Å². The topological polar surface area (TPSA) is 147 Å². The molecule has 0 aliphatic rings. The van der Waals surface area contributed by atoms with Crippen LogP contribution in [-0.2, 0) is 14.1 Å². The number of nitrogens with one attached hydrogen (secondary N) is 3. The van der Waals surface area contributed by atoms with E-state index in [4.69, 9.17) is 9.78 Å². The fraction of sp³-hybridized carbons (Fsp3) is 0.286. The first-order valence-electron chi connectivity index (χ1n) is 9.74. The number of hydrogen-bond acceptors (Lipinski definition) is 6. The van der Waals surface area contributed by atoms with E-state index in [1.54, 1.807) is 61.6 Å². The lowest BCUT2D eigenvalue weighted by atomic mass is 10.2. The van der Waals surface area contributed by atoms with Crippen molar-refractivity contribution in [3.8, 4) is 6.07 Å². The first-order valence-corrected chi connectivity index (χ1v) is 9.74. The smallest absolute Gasteiger partial charge is 0.272 e. The monoisotopic (exact) mass is 437 g/mol. The van der Waals surface area contributed by atoms with E-state index in [0.717, 1.165) is 0 Å². The zero-order valence-corrected chi connectivity index (χ0v) is 18.1. The average Bonchev–Trinajstić information content (AvgIpc) is 3.38. The molecule has 3 heterocycles. The van der Waals surface area contributed by atoms with Crippen LogP contribution in [0.4, 0.5) is 11.4 Å². The van der Waals surface area contributed by atoms with Crippen LogP contribution in [0.1, 0.15) is 49.2 Å². The molecule has 3 N–H and O–H groups in total. The van der Waals surface area contributed by atoms with Gasteiger partial charge in [-0.05, 0) is 26.0 Å². The zero-order chi connectivity index (χ0) is 23.4. The van der Waals surface area contributed by atoms with Gasteiger partial charge in [0.1, 0.15) is 22.7 Å². The van der Waals surface area contributed by atoms with Crippen LogP contribution in [0.15, 0.2) is 29.0 Å². The fourth-order valence-corrected chi connectivity index (χ4v) is 3.24. The molecule has 0 fully saturated rings. The molecule has 0 bridgehead atoms. The molecule has 166 valence electrons. The second-order valence-corrected chi connectivity index (χ2v) is 7.22. The minimum Gasteiger partial charge on any atom is -0.361 e. The fourth-order valence-electron chi connectivity index (χ4n) is 3.24. The van der Waals surface area contributed by atoms with Gasteiger partial charge < -0.3 is 29.6 Å². The Morgan fingerprint density at radius 3 is 2.09 bits per heavy atom. The highest BCUT2D eigenvalue weighted by atomic mass is 16.5. The number of nitrogens with zero attached hydrogens (tertiary/aromatic N) is 4. The number of anilines is 2. The third-order valence-corrected chi connectivity index (χ3v) is 4.77. The minimum atomic E-state index is -0.410. The number of carbonyl (C=O) groups is 3. The molecule has 0 aliphatic carbocycles. The number of rotatable bonds is 7. The molecule has 0 unspecified atom stereocenters. The molecule has 0 aliphatic heterocycles. The van der Waals surface area contributed by atoms with E-state index in [1.807, 2.05) is 6.07 Å². The summed E-state index contributed by atoms with van der Waals surface area (Å²) in [6, 6.07) is 5.05. The van der Waals surface area contributed by atoms with Crippen molar-refractivity contribution in [2.75, 3.05) is 17.2 Å². The Kier molecular flexibility index (Phi) is 6.44. The molecule has 3 amide bonds. The van der Waals surface area contributed by atoms with Crippen LogP contribution >= 0.6 is 0 Å². The molecular formula is C21H23N7O4. The van der Waals surface area contributed by atoms with Crippen LogP contribution in [0.5, 0.6) is 0 Å². The largest absolute Gasteiger partial charge is 0.361 e. The number of nitriles is 1. The Morgan fingerprint density at radius 1 is 1.00 bits per heavy atom. The molecule has 11 nitrogen and oxygen atoms in total. The van der Waals surface area contributed by atoms with Crippen LogP contribution in [0.3, 0.4) is 0 Å². The Bertz CT molecular complexity index is 1210. The Labute approximate surface area is 184 Å². The van der Waals surface area contributed by atoms with Gasteiger partial charge in [0.05, 0.1) is 29.6 Å². The number of aryl methyl sites for hydroxylation is 4. The molecule has 0 radical (unpaired) electrons. The van der Waals surface area contributed by atoms with E-state index < -0.39 is 5.91 Å². The van der Waals surface area contributed by atoms with Gasteiger partial charge in [-0.25, -0.2) is 0 Å². The van der Waals surface area contributed by atoms with E-state index >= 15 is 0 Å². The molecule has 0 aromatic carbocycles. The van der Waals surface area contributed by atoms with Crippen molar-refractivity contribution in [2.45, 2.75) is 20.3 Å². The number of carbonyl (C=O) groups excluding carboxylic acids is 3. The first-order chi connectivity index (χ1) is 15.2. The average molecular weight is 437 g/mol. The maximum Gasteiger partial charge on any atom is 0.272 e. The predicted octanol–water partition coefficient (Wildman–Crippen LogP) is 2.12. The van der Waals surface area contributed by atoms with Gasteiger partial charge in [-0.3, -0.25) is 14.4 Å². The van der Waals surface area contributed by atoms with Crippen LogP contribution in [-0.4, -0.2) is 38.6 Å². The Morgan fingerprint density at radius 2 is 1.56 bits per heavy atom. The van der Waals surface area contributed by atoms with Crippen molar-refractivity contribution < 1.29 is 18.9 Å². The summed E-state index contributed by atoms with van der Waals surface area (Å²) in [6.07, 6.45) is 3.44. The van der Waals surface area contributed by atoms with Crippen LogP contribution in [0, 0.1) is 25.2 Å². The van der Waals surface area contributed by atoms with Crippen molar-refractivity contribution in [1.29, 1.82) is 5.26 Å². The van der Waals surface area contributed by atoms with Gasteiger partial charge in [-0.1, -0.05) is 5.16 Å². The standard InChI is InChI=1S/C21H23N7O4/c1-12-18(13(2)32-26-12)21(31)25-15-9-17(28(4)11-15)20(30)24-14-8-16(27(3)10-14)19(29)23-7-5-6-22/h8-11H,5,7H2,1-4H3,(H,23,29)(H,24,30)(H,25,31). The summed E-state index contributed by atoms with van der Waals surface area (Å²) < 4.78 is 8.18. The maximum atomic E-state index is 12.8. The summed E-state index contributed by atoms with van der Waals surface area (Å²) in [6.45, 7) is 3.57. The molecule has 0 saturated heterocycles. The molecule has 3 aromatic rings. The van der Waals surface area contributed by atoms with Gasteiger partial charge in [-0.2, -0.15) is 5.26 Å². The zero-order valence-electron chi connectivity index (χ0n) is 18.1. The summed E-state index contributed by atoms with van der Waals surface area (Å²) in [4.78, 5) is 37.5. The highest BCUT2D eigenvalue weighted by Gasteiger charge is 2.20. The highest BCUT2D eigenvalue weighted by molar-refractivity contribution is 6.08. The molecular weight excluding hydrogens is 414 g/mol. The van der Waals surface area contributed by atoms with Crippen molar-refractivity contribution in [3.05, 3.63) is 52.9 Å². The predicted molar refractivity (Wildman–Crippen MR) is 115 cm³/mol. The van der Waals surface area contributed by atoms with E-state index in [0.29, 0.717) is 39.8 Å².